The Labute approximate surface area is 207 Å². The van der Waals surface area contributed by atoms with Crippen molar-refractivity contribution in [1.82, 2.24) is 9.21 Å². The SMILES string of the molecule is CN(C(=O)COC(=O)c1cccc(S(=O)(=O)N2CCN(c3ccccc3)CC2)c1)C1CCCCC1. The van der Waals surface area contributed by atoms with E-state index in [0.717, 1.165) is 31.4 Å². The maximum Gasteiger partial charge on any atom is 0.338 e. The van der Waals surface area contributed by atoms with Gasteiger partial charge in [0.15, 0.2) is 6.61 Å². The van der Waals surface area contributed by atoms with Crippen LogP contribution in [-0.4, -0.2) is 75.4 Å². The minimum Gasteiger partial charge on any atom is -0.452 e. The summed E-state index contributed by atoms with van der Waals surface area (Å²) in [6.45, 7) is 1.52. The molecule has 0 aromatic heterocycles. The van der Waals surface area contributed by atoms with E-state index in [1.807, 2.05) is 30.3 Å². The van der Waals surface area contributed by atoms with E-state index in [4.69, 9.17) is 4.74 Å². The number of esters is 1. The van der Waals surface area contributed by atoms with Gasteiger partial charge in [-0.1, -0.05) is 43.5 Å². The van der Waals surface area contributed by atoms with Crippen molar-refractivity contribution >= 4 is 27.6 Å². The number of ether oxygens (including phenoxy) is 1. The molecular formula is C26H33N3O5S. The summed E-state index contributed by atoms with van der Waals surface area (Å²) in [7, 11) is -2.01. The number of likely N-dealkylation sites (N-methyl/N-ethyl adjacent to an activating group) is 1. The van der Waals surface area contributed by atoms with Crippen LogP contribution in [0.1, 0.15) is 42.5 Å². The van der Waals surface area contributed by atoms with Gasteiger partial charge in [-0.2, -0.15) is 4.31 Å². The van der Waals surface area contributed by atoms with Gasteiger partial charge >= 0.3 is 5.97 Å². The fourth-order valence-corrected chi connectivity index (χ4v) is 6.21. The number of hydrogen-bond donors (Lipinski definition) is 0. The van der Waals surface area contributed by atoms with Crippen LogP contribution in [-0.2, 0) is 19.6 Å². The second-order valence-electron chi connectivity index (χ2n) is 9.13. The van der Waals surface area contributed by atoms with Crippen LogP contribution in [0.25, 0.3) is 0 Å². The third-order valence-corrected chi connectivity index (χ3v) is 8.80. The predicted molar refractivity (Wildman–Crippen MR) is 134 cm³/mol. The van der Waals surface area contributed by atoms with Crippen LogP contribution in [0.2, 0.25) is 0 Å². The molecule has 188 valence electrons. The van der Waals surface area contributed by atoms with Crippen molar-refractivity contribution in [2.45, 2.75) is 43.0 Å². The highest BCUT2D eigenvalue weighted by Gasteiger charge is 2.29. The van der Waals surface area contributed by atoms with Gasteiger partial charge in [0.1, 0.15) is 0 Å². The highest BCUT2D eigenvalue weighted by molar-refractivity contribution is 7.89. The first-order chi connectivity index (χ1) is 16.9. The third-order valence-electron chi connectivity index (χ3n) is 6.91. The zero-order valence-corrected chi connectivity index (χ0v) is 21.0. The molecule has 1 heterocycles. The van der Waals surface area contributed by atoms with Crippen LogP contribution in [0.3, 0.4) is 0 Å². The average Bonchev–Trinajstić information content (AvgIpc) is 2.92. The zero-order valence-electron chi connectivity index (χ0n) is 20.1. The van der Waals surface area contributed by atoms with Crippen LogP contribution in [0.15, 0.2) is 59.5 Å². The summed E-state index contributed by atoms with van der Waals surface area (Å²) in [6, 6.07) is 15.9. The molecule has 1 aliphatic heterocycles. The molecule has 2 aromatic carbocycles. The van der Waals surface area contributed by atoms with E-state index in [9.17, 15) is 18.0 Å². The molecule has 4 rings (SSSR count). The van der Waals surface area contributed by atoms with Crippen molar-refractivity contribution in [3.63, 3.8) is 0 Å². The summed E-state index contributed by atoms with van der Waals surface area (Å²) in [5, 5.41) is 0. The molecule has 9 heteroatoms. The molecule has 0 bridgehead atoms. The topological polar surface area (TPSA) is 87.2 Å². The summed E-state index contributed by atoms with van der Waals surface area (Å²) in [5.41, 5.74) is 1.18. The van der Waals surface area contributed by atoms with E-state index in [1.165, 1.54) is 35.0 Å². The Hall–Kier alpha value is -2.91. The van der Waals surface area contributed by atoms with Gasteiger partial charge in [0, 0.05) is 45.0 Å². The Balaban J connectivity index is 1.35. The second kappa shape index (κ2) is 11.2. The van der Waals surface area contributed by atoms with Crippen LogP contribution in [0, 0.1) is 0 Å². The summed E-state index contributed by atoms with van der Waals surface area (Å²) in [5.74, 6) is -0.952. The first-order valence-corrected chi connectivity index (χ1v) is 13.6. The molecule has 2 fully saturated rings. The highest BCUT2D eigenvalue weighted by atomic mass is 32.2. The van der Waals surface area contributed by atoms with Crippen molar-refractivity contribution in [2.24, 2.45) is 0 Å². The van der Waals surface area contributed by atoms with Crippen LogP contribution < -0.4 is 4.90 Å². The van der Waals surface area contributed by atoms with Gasteiger partial charge in [-0.25, -0.2) is 13.2 Å². The number of amides is 1. The molecule has 0 unspecified atom stereocenters. The lowest BCUT2D eigenvalue weighted by Gasteiger charge is -2.35. The number of para-hydroxylation sites is 1. The first-order valence-electron chi connectivity index (χ1n) is 12.2. The normalized spacial score (nSPS) is 17.7. The lowest BCUT2D eigenvalue weighted by Crippen LogP contribution is -2.48. The Bertz CT molecular complexity index is 1120. The van der Waals surface area contributed by atoms with E-state index in [-0.39, 0.29) is 29.0 Å². The second-order valence-corrected chi connectivity index (χ2v) is 11.1. The van der Waals surface area contributed by atoms with E-state index in [2.05, 4.69) is 4.90 Å². The Morgan fingerprint density at radius 1 is 0.943 bits per heavy atom. The van der Waals surface area contributed by atoms with Crippen molar-refractivity contribution in [3.8, 4) is 0 Å². The minimum absolute atomic E-state index is 0.0470. The van der Waals surface area contributed by atoms with Crippen molar-refractivity contribution in [1.29, 1.82) is 0 Å². The van der Waals surface area contributed by atoms with Gasteiger partial charge in [-0.05, 0) is 43.2 Å². The first kappa shape index (κ1) is 25.2. The van der Waals surface area contributed by atoms with Gasteiger partial charge in [0.2, 0.25) is 10.0 Å². The predicted octanol–water partition coefficient (Wildman–Crippen LogP) is 3.15. The largest absolute Gasteiger partial charge is 0.452 e. The molecule has 1 saturated carbocycles. The van der Waals surface area contributed by atoms with E-state index in [1.54, 1.807) is 11.9 Å². The number of sulfonamides is 1. The number of benzene rings is 2. The van der Waals surface area contributed by atoms with Crippen molar-refractivity contribution in [3.05, 3.63) is 60.2 Å². The molecular weight excluding hydrogens is 466 g/mol. The average molecular weight is 500 g/mol. The number of anilines is 1. The Kier molecular flexibility index (Phi) is 8.07. The summed E-state index contributed by atoms with van der Waals surface area (Å²) < 4.78 is 33.1. The van der Waals surface area contributed by atoms with Crippen molar-refractivity contribution < 1.29 is 22.7 Å². The summed E-state index contributed by atoms with van der Waals surface area (Å²) >= 11 is 0. The molecule has 1 saturated heterocycles. The molecule has 1 amide bonds. The van der Waals surface area contributed by atoms with E-state index < -0.39 is 16.0 Å². The molecule has 8 nitrogen and oxygen atoms in total. The van der Waals surface area contributed by atoms with Gasteiger partial charge in [-0.15, -0.1) is 0 Å². The van der Waals surface area contributed by atoms with Gasteiger partial charge < -0.3 is 14.5 Å². The number of nitrogens with zero attached hydrogens (tertiary/aromatic N) is 3. The Morgan fingerprint density at radius 2 is 1.63 bits per heavy atom. The number of hydrogen-bond acceptors (Lipinski definition) is 6. The van der Waals surface area contributed by atoms with E-state index in [0.29, 0.717) is 26.2 Å². The van der Waals surface area contributed by atoms with Crippen LogP contribution >= 0.6 is 0 Å². The summed E-state index contributed by atoms with van der Waals surface area (Å²) in [6.07, 6.45) is 5.33. The maximum atomic E-state index is 13.2. The molecule has 0 spiro atoms. The van der Waals surface area contributed by atoms with Gasteiger partial charge in [0.25, 0.3) is 5.91 Å². The molecule has 0 atom stereocenters. The fraction of sp³-hybridized carbons (Fsp3) is 0.462. The molecule has 2 aliphatic rings. The molecule has 1 aliphatic carbocycles. The number of carbonyl (C=O) groups excluding carboxylic acids is 2. The minimum atomic E-state index is -3.76. The van der Waals surface area contributed by atoms with E-state index >= 15 is 0 Å². The number of carbonyl (C=O) groups is 2. The molecule has 0 radical (unpaired) electrons. The lowest BCUT2D eigenvalue weighted by atomic mass is 9.94. The molecule has 35 heavy (non-hydrogen) atoms. The zero-order chi connectivity index (χ0) is 24.8. The van der Waals surface area contributed by atoms with Crippen LogP contribution in [0.5, 0.6) is 0 Å². The standard InChI is InChI=1S/C26H33N3O5S/c1-27(22-10-4-2-5-11-22)25(30)20-34-26(31)21-9-8-14-24(19-21)35(32,33)29-17-15-28(16-18-29)23-12-6-3-7-13-23/h3,6-9,12-14,19,22H,2,4-5,10-11,15-18,20H2,1H3. The van der Waals surface area contributed by atoms with Crippen molar-refractivity contribution in [2.75, 3.05) is 44.7 Å². The maximum absolute atomic E-state index is 13.2. The quantitative estimate of drug-likeness (QED) is 0.544. The molecule has 2 aromatic rings. The summed E-state index contributed by atoms with van der Waals surface area (Å²) in [4.78, 5) is 28.9. The number of rotatable bonds is 7. The third kappa shape index (κ3) is 6.02. The van der Waals surface area contributed by atoms with Crippen LogP contribution in [0.4, 0.5) is 5.69 Å². The highest BCUT2D eigenvalue weighted by Crippen LogP contribution is 2.23. The molecule has 0 N–H and O–H groups in total. The fourth-order valence-electron chi connectivity index (χ4n) is 4.74. The van der Waals surface area contributed by atoms with Gasteiger partial charge in [0.05, 0.1) is 10.5 Å². The lowest BCUT2D eigenvalue weighted by molar-refractivity contribution is -0.135. The Morgan fingerprint density at radius 3 is 2.31 bits per heavy atom. The number of piperazine rings is 1. The monoisotopic (exact) mass is 499 g/mol. The smallest absolute Gasteiger partial charge is 0.338 e. The van der Waals surface area contributed by atoms with Gasteiger partial charge in [-0.3, -0.25) is 4.79 Å².